The van der Waals surface area contributed by atoms with E-state index >= 15 is 0 Å². The highest BCUT2D eigenvalue weighted by atomic mass is 79.9. The summed E-state index contributed by atoms with van der Waals surface area (Å²) in [5.74, 6) is 0.873. The zero-order valence-electron chi connectivity index (χ0n) is 13.1. The second-order valence-electron chi connectivity index (χ2n) is 6.19. The third-order valence-electron chi connectivity index (χ3n) is 3.02. The second kappa shape index (κ2) is 7.43. The van der Waals surface area contributed by atoms with Gasteiger partial charge in [-0.1, -0.05) is 22.9 Å². The van der Waals surface area contributed by atoms with Crippen molar-refractivity contribution in [3.63, 3.8) is 0 Å². The van der Waals surface area contributed by atoms with Crippen molar-refractivity contribution in [2.75, 3.05) is 6.61 Å². The van der Waals surface area contributed by atoms with Crippen LogP contribution in [-0.4, -0.2) is 23.4 Å². The standard InChI is InChI=1S/C16H26BrNO2/c1-6-14(19)10-20-15-11(2)7-13(17)8-12(15)9-18-16(3,4)5/h7-8,14,18-19H,6,9-10H2,1-5H3. The van der Waals surface area contributed by atoms with Gasteiger partial charge in [0.2, 0.25) is 0 Å². The first-order chi connectivity index (χ1) is 9.23. The third-order valence-corrected chi connectivity index (χ3v) is 3.47. The Bertz CT molecular complexity index is 441. The summed E-state index contributed by atoms with van der Waals surface area (Å²) in [7, 11) is 0. The molecule has 0 heterocycles. The first-order valence-corrected chi connectivity index (χ1v) is 7.87. The van der Waals surface area contributed by atoms with Crippen LogP contribution in [0.5, 0.6) is 5.75 Å². The molecule has 0 saturated carbocycles. The van der Waals surface area contributed by atoms with Gasteiger partial charge in [0.25, 0.3) is 0 Å². The second-order valence-corrected chi connectivity index (χ2v) is 7.10. The van der Waals surface area contributed by atoms with Gasteiger partial charge >= 0.3 is 0 Å². The molecule has 1 atom stereocenters. The summed E-state index contributed by atoms with van der Waals surface area (Å²) >= 11 is 3.53. The normalized spacial score (nSPS) is 13.3. The lowest BCUT2D eigenvalue weighted by Gasteiger charge is -2.23. The molecule has 0 aliphatic carbocycles. The number of benzene rings is 1. The van der Waals surface area contributed by atoms with Gasteiger partial charge in [-0.2, -0.15) is 0 Å². The number of nitrogens with one attached hydrogen (secondary N) is 1. The highest BCUT2D eigenvalue weighted by Gasteiger charge is 2.14. The van der Waals surface area contributed by atoms with E-state index in [1.54, 1.807) is 0 Å². The van der Waals surface area contributed by atoms with Gasteiger partial charge in [0, 0.05) is 22.1 Å². The maximum atomic E-state index is 9.66. The Morgan fingerprint density at radius 2 is 2.00 bits per heavy atom. The molecule has 20 heavy (non-hydrogen) atoms. The fourth-order valence-corrected chi connectivity index (χ4v) is 2.41. The minimum absolute atomic E-state index is 0.0520. The smallest absolute Gasteiger partial charge is 0.126 e. The molecule has 114 valence electrons. The lowest BCUT2D eigenvalue weighted by atomic mass is 10.1. The summed E-state index contributed by atoms with van der Waals surface area (Å²) in [5, 5.41) is 13.1. The molecular weight excluding hydrogens is 318 g/mol. The predicted octanol–water partition coefficient (Wildman–Crippen LogP) is 3.80. The Labute approximate surface area is 130 Å². The summed E-state index contributed by atoms with van der Waals surface area (Å²) in [6.07, 6.45) is 0.284. The third kappa shape index (κ3) is 5.81. The molecule has 4 heteroatoms. The topological polar surface area (TPSA) is 41.5 Å². The van der Waals surface area contributed by atoms with E-state index in [9.17, 15) is 5.11 Å². The molecule has 0 fully saturated rings. The number of halogens is 1. The Morgan fingerprint density at radius 3 is 2.55 bits per heavy atom. The van der Waals surface area contributed by atoms with E-state index in [0.29, 0.717) is 13.0 Å². The van der Waals surface area contributed by atoms with Crippen LogP contribution in [0.15, 0.2) is 16.6 Å². The summed E-state index contributed by atoms with van der Waals surface area (Å²) in [6, 6.07) is 4.10. The molecule has 0 aliphatic heterocycles. The lowest BCUT2D eigenvalue weighted by molar-refractivity contribution is 0.103. The van der Waals surface area contributed by atoms with Gasteiger partial charge in [-0.25, -0.2) is 0 Å². The van der Waals surface area contributed by atoms with Crippen molar-refractivity contribution < 1.29 is 9.84 Å². The predicted molar refractivity (Wildman–Crippen MR) is 87.3 cm³/mol. The summed E-state index contributed by atoms with van der Waals surface area (Å²) in [5.41, 5.74) is 2.24. The molecule has 0 amide bonds. The number of aliphatic hydroxyl groups is 1. The Morgan fingerprint density at radius 1 is 1.35 bits per heavy atom. The van der Waals surface area contributed by atoms with Gasteiger partial charge in [0.1, 0.15) is 12.4 Å². The summed E-state index contributed by atoms with van der Waals surface area (Å²) in [6.45, 7) is 11.5. The van der Waals surface area contributed by atoms with Crippen molar-refractivity contribution in [1.82, 2.24) is 5.32 Å². The van der Waals surface area contributed by atoms with Crippen molar-refractivity contribution in [2.24, 2.45) is 0 Å². The molecule has 2 N–H and O–H groups in total. The summed E-state index contributed by atoms with van der Waals surface area (Å²) in [4.78, 5) is 0. The Kier molecular flexibility index (Phi) is 6.49. The number of aliphatic hydroxyl groups excluding tert-OH is 1. The van der Waals surface area contributed by atoms with Crippen LogP contribution in [-0.2, 0) is 6.54 Å². The van der Waals surface area contributed by atoms with Gasteiger partial charge in [-0.15, -0.1) is 0 Å². The quantitative estimate of drug-likeness (QED) is 0.825. The minimum atomic E-state index is -0.415. The molecule has 1 unspecified atom stereocenters. The van der Waals surface area contributed by atoms with E-state index in [1.807, 2.05) is 19.9 Å². The molecule has 1 aromatic carbocycles. The molecule has 0 bridgehead atoms. The van der Waals surface area contributed by atoms with Crippen LogP contribution >= 0.6 is 15.9 Å². The number of hydrogen-bond donors (Lipinski definition) is 2. The molecular formula is C16H26BrNO2. The Hall–Kier alpha value is -0.580. The van der Waals surface area contributed by atoms with Crippen molar-refractivity contribution in [2.45, 2.75) is 59.2 Å². The molecule has 0 radical (unpaired) electrons. The van der Waals surface area contributed by atoms with Crippen LogP contribution in [0, 0.1) is 6.92 Å². The van der Waals surface area contributed by atoms with Crippen LogP contribution < -0.4 is 10.1 Å². The molecule has 1 rings (SSSR count). The Balaban J connectivity index is 2.89. The monoisotopic (exact) mass is 343 g/mol. The van der Waals surface area contributed by atoms with E-state index in [4.69, 9.17) is 4.74 Å². The fraction of sp³-hybridized carbons (Fsp3) is 0.625. The maximum Gasteiger partial charge on any atom is 0.126 e. The molecule has 1 aromatic rings. The first kappa shape index (κ1) is 17.5. The number of rotatable bonds is 6. The zero-order valence-corrected chi connectivity index (χ0v) is 14.7. The van der Waals surface area contributed by atoms with Crippen molar-refractivity contribution in [3.05, 3.63) is 27.7 Å². The van der Waals surface area contributed by atoms with Crippen molar-refractivity contribution in [3.8, 4) is 5.75 Å². The van der Waals surface area contributed by atoms with Crippen LogP contribution in [0.3, 0.4) is 0 Å². The molecule has 0 aromatic heterocycles. The van der Waals surface area contributed by atoms with Crippen LogP contribution in [0.4, 0.5) is 0 Å². The number of ether oxygens (including phenoxy) is 1. The average molecular weight is 344 g/mol. The fourth-order valence-electron chi connectivity index (χ4n) is 1.79. The average Bonchev–Trinajstić information content (AvgIpc) is 2.33. The van der Waals surface area contributed by atoms with E-state index in [2.05, 4.69) is 48.1 Å². The summed E-state index contributed by atoms with van der Waals surface area (Å²) < 4.78 is 6.88. The molecule has 0 saturated heterocycles. The van der Waals surface area contributed by atoms with Gasteiger partial charge in [-0.3, -0.25) is 0 Å². The van der Waals surface area contributed by atoms with Gasteiger partial charge in [0.15, 0.2) is 0 Å². The highest BCUT2D eigenvalue weighted by Crippen LogP contribution is 2.28. The zero-order chi connectivity index (χ0) is 15.3. The van der Waals surface area contributed by atoms with E-state index in [0.717, 1.165) is 27.9 Å². The van der Waals surface area contributed by atoms with E-state index in [-0.39, 0.29) is 5.54 Å². The van der Waals surface area contributed by atoms with Gasteiger partial charge in [0.05, 0.1) is 6.10 Å². The minimum Gasteiger partial charge on any atom is -0.490 e. The van der Waals surface area contributed by atoms with E-state index in [1.165, 1.54) is 0 Å². The molecule has 3 nitrogen and oxygen atoms in total. The largest absolute Gasteiger partial charge is 0.490 e. The van der Waals surface area contributed by atoms with Crippen molar-refractivity contribution in [1.29, 1.82) is 0 Å². The van der Waals surface area contributed by atoms with Crippen LogP contribution in [0.2, 0.25) is 0 Å². The highest BCUT2D eigenvalue weighted by molar-refractivity contribution is 9.10. The van der Waals surface area contributed by atoms with Crippen LogP contribution in [0.25, 0.3) is 0 Å². The number of aryl methyl sites for hydroxylation is 1. The van der Waals surface area contributed by atoms with Crippen molar-refractivity contribution >= 4 is 15.9 Å². The number of hydrogen-bond acceptors (Lipinski definition) is 3. The maximum absolute atomic E-state index is 9.66. The lowest BCUT2D eigenvalue weighted by Crippen LogP contribution is -2.35. The first-order valence-electron chi connectivity index (χ1n) is 7.08. The van der Waals surface area contributed by atoms with Crippen LogP contribution in [0.1, 0.15) is 45.2 Å². The molecule has 0 spiro atoms. The molecule has 0 aliphatic rings. The SMILES string of the molecule is CCC(O)COc1c(C)cc(Br)cc1CNC(C)(C)C. The van der Waals surface area contributed by atoms with E-state index < -0.39 is 6.10 Å². The van der Waals surface area contributed by atoms with Gasteiger partial charge in [-0.05, 0) is 51.8 Å². The van der Waals surface area contributed by atoms with Gasteiger partial charge < -0.3 is 15.2 Å².